The number of carbonyl (C=O) groups is 2. The van der Waals surface area contributed by atoms with E-state index in [1.807, 2.05) is 17.0 Å². The minimum Gasteiger partial charge on any atom is -0.467 e. The molecule has 2 aliphatic rings. The molecular formula is C19H18Cl2N2O3S. The summed E-state index contributed by atoms with van der Waals surface area (Å²) in [6.07, 6.45) is 3.06. The lowest BCUT2D eigenvalue weighted by atomic mass is 10.0. The number of benzene rings is 1. The SMILES string of the molecule is O=C(c1ccc(Cl)cc1Cl)N1CCC2(CC1)SCC(=O)N2Cc1ccco1. The number of likely N-dealkylation sites (tertiary alicyclic amines) is 1. The summed E-state index contributed by atoms with van der Waals surface area (Å²) >= 11 is 13.8. The number of nitrogens with zero attached hydrogens (tertiary/aromatic N) is 2. The summed E-state index contributed by atoms with van der Waals surface area (Å²) in [5.41, 5.74) is 0.458. The Balaban J connectivity index is 1.47. The van der Waals surface area contributed by atoms with Crippen LogP contribution in [0.3, 0.4) is 0 Å². The molecule has 0 N–H and O–H groups in total. The molecule has 27 heavy (non-hydrogen) atoms. The Morgan fingerprint density at radius 3 is 2.67 bits per heavy atom. The van der Waals surface area contributed by atoms with Gasteiger partial charge >= 0.3 is 0 Å². The maximum Gasteiger partial charge on any atom is 0.255 e. The minimum absolute atomic E-state index is 0.0987. The number of furan rings is 1. The molecule has 1 aromatic carbocycles. The van der Waals surface area contributed by atoms with Crippen molar-refractivity contribution < 1.29 is 14.0 Å². The van der Waals surface area contributed by atoms with Crippen molar-refractivity contribution in [2.45, 2.75) is 24.3 Å². The van der Waals surface area contributed by atoms with Crippen molar-refractivity contribution in [2.24, 2.45) is 0 Å². The van der Waals surface area contributed by atoms with Crippen LogP contribution in [0.1, 0.15) is 29.0 Å². The zero-order chi connectivity index (χ0) is 19.0. The van der Waals surface area contributed by atoms with Crippen molar-refractivity contribution in [3.8, 4) is 0 Å². The zero-order valence-corrected chi connectivity index (χ0v) is 16.8. The largest absolute Gasteiger partial charge is 0.467 e. The fourth-order valence-electron chi connectivity index (χ4n) is 3.68. The van der Waals surface area contributed by atoms with Gasteiger partial charge in [-0.1, -0.05) is 23.2 Å². The Morgan fingerprint density at radius 2 is 2.00 bits per heavy atom. The monoisotopic (exact) mass is 424 g/mol. The molecule has 4 rings (SSSR count). The third-order valence-electron chi connectivity index (χ3n) is 5.14. The molecule has 8 heteroatoms. The average molecular weight is 425 g/mol. The van der Waals surface area contributed by atoms with E-state index in [1.165, 1.54) is 0 Å². The standard InChI is InChI=1S/C19H18Cl2N2O3S/c20-13-3-4-15(16(21)10-13)18(25)22-7-5-19(6-8-22)23(17(24)12-27-19)11-14-2-1-9-26-14/h1-4,9-10H,5-8,11-12H2. The summed E-state index contributed by atoms with van der Waals surface area (Å²) < 4.78 is 5.42. The van der Waals surface area contributed by atoms with E-state index in [-0.39, 0.29) is 16.7 Å². The molecule has 5 nitrogen and oxygen atoms in total. The third kappa shape index (κ3) is 3.58. The average Bonchev–Trinajstić information content (AvgIpc) is 3.27. The maximum absolute atomic E-state index is 12.8. The summed E-state index contributed by atoms with van der Waals surface area (Å²) in [7, 11) is 0. The molecule has 2 aliphatic heterocycles. The van der Waals surface area contributed by atoms with Crippen LogP contribution < -0.4 is 0 Å². The first kappa shape index (κ1) is 18.7. The number of piperidine rings is 1. The first-order chi connectivity index (χ1) is 13.0. The lowest BCUT2D eigenvalue weighted by molar-refractivity contribution is -0.132. The predicted molar refractivity (Wildman–Crippen MR) is 106 cm³/mol. The van der Waals surface area contributed by atoms with Crippen LogP contribution in [0.4, 0.5) is 0 Å². The number of amides is 2. The molecule has 0 atom stereocenters. The summed E-state index contributed by atoms with van der Waals surface area (Å²) in [4.78, 5) is 28.7. The number of carbonyl (C=O) groups excluding carboxylic acids is 2. The topological polar surface area (TPSA) is 53.8 Å². The van der Waals surface area contributed by atoms with Gasteiger partial charge in [-0.25, -0.2) is 0 Å². The maximum atomic E-state index is 12.8. The van der Waals surface area contributed by atoms with Crippen LogP contribution >= 0.6 is 35.0 Å². The molecule has 0 aliphatic carbocycles. The Hall–Kier alpha value is -1.63. The molecule has 142 valence electrons. The van der Waals surface area contributed by atoms with Crippen LogP contribution in [0.25, 0.3) is 0 Å². The highest BCUT2D eigenvalue weighted by Crippen LogP contribution is 2.45. The number of hydrogen-bond acceptors (Lipinski definition) is 4. The van der Waals surface area contributed by atoms with E-state index in [1.54, 1.807) is 41.1 Å². The van der Waals surface area contributed by atoms with Crippen molar-refractivity contribution in [1.29, 1.82) is 0 Å². The van der Waals surface area contributed by atoms with Crippen molar-refractivity contribution in [1.82, 2.24) is 9.80 Å². The van der Waals surface area contributed by atoms with Gasteiger partial charge in [0.15, 0.2) is 0 Å². The summed E-state index contributed by atoms with van der Waals surface area (Å²) in [5, 5.41) is 0.862. The second-order valence-electron chi connectivity index (χ2n) is 6.71. The van der Waals surface area contributed by atoms with E-state index < -0.39 is 0 Å². The Labute approximate surface area is 171 Å². The highest BCUT2D eigenvalue weighted by atomic mass is 35.5. The zero-order valence-electron chi connectivity index (χ0n) is 14.5. The van der Waals surface area contributed by atoms with Gasteiger partial charge in [-0.05, 0) is 43.2 Å². The summed E-state index contributed by atoms with van der Waals surface area (Å²) in [5.74, 6) is 1.27. The summed E-state index contributed by atoms with van der Waals surface area (Å²) in [6.45, 7) is 1.62. The first-order valence-electron chi connectivity index (χ1n) is 8.70. The molecule has 0 bridgehead atoms. The molecule has 3 heterocycles. The molecule has 1 spiro atoms. The van der Waals surface area contributed by atoms with Crippen molar-refractivity contribution in [2.75, 3.05) is 18.8 Å². The van der Waals surface area contributed by atoms with Crippen LogP contribution in [0, 0.1) is 0 Å². The van der Waals surface area contributed by atoms with Crippen LogP contribution in [-0.2, 0) is 11.3 Å². The highest BCUT2D eigenvalue weighted by Gasteiger charge is 2.48. The van der Waals surface area contributed by atoms with Gasteiger partial charge in [-0.3, -0.25) is 9.59 Å². The smallest absolute Gasteiger partial charge is 0.255 e. The molecule has 0 saturated carbocycles. The molecule has 1 aromatic heterocycles. The lowest BCUT2D eigenvalue weighted by Crippen LogP contribution is -2.52. The number of halogens is 2. The first-order valence-corrected chi connectivity index (χ1v) is 10.4. The van der Waals surface area contributed by atoms with Gasteiger partial charge in [0.1, 0.15) is 5.76 Å². The Morgan fingerprint density at radius 1 is 1.22 bits per heavy atom. The quantitative estimate of drug-likeness (QED) is 0.736. The fourth-order valence-corrected chi connectivity index (χ4v) is 5.51. The van der Waals surface area contributed by atoms with Crippen molar-refractivity contribution in [3.63, 3.8) is 0 Å². The molecule has 2 aromatic rings. The van der Waals surface area contributed by atoms with Crippen LogP contribution in [0.5, 0.6) is 0 Å². The molecule has 0 radical (unpaired) electrons. The van der Waals surface area contributed by atoms with Gasteiger partial charge in [0.05, 0.1) is 34.0 Å². The Kier molecular flexibility index (Phi) is 5.14. The van der Waals surface area contributed by atoms with E-state index in [9.17, 15) is 9.59 Å². The lowest BCUT2D eigenvalue weighted by Gasteiger charge is -2.43. The van der Waals surface area contributed by atoms with E-state index >= 15 is 0 Å². The molecule has 2 amide bonds. The molecule has 0 unspecified atom stereocenters. The van der Waals surface area contributed by atoms with Crippen LogP contribution in [0.15, 0.2) is 41.0 Å². The fraction of sp³-hybridized carbons (Fsp3) is 0.368. The Bertz CT molecular complexity index is 864. The normalized spacial score (nSPS) is 19.1. The van der Waals surface area contributed by atoms with Crippen LogP contribution in [-0.4, -0.2) is 45.3 Å². The molecule has 2 fully saturated rings. The van der Waals surface area contributed by atoms with E-state index in [0.29, 0.717) is 41.0 Å². The van der Waals surface area contributed by atoms with E-state index in [0.717, 1.165) is 18.6 Å². The highest BCUT2D eigenvalue weighted by molar-refractivity contribution is 8.01. The molecule has 2 saturated heterocycles. The van der Waals surface area contributed by atoms with E-state index in [4.69, 9.17) is 27.6 Å². The van der Waals surface area contributed by atoms with Gasteiger partial charge < -0.3 is 14.2 Å². The number of rotatable bonds is 3. The minimum atomic E-state index is -0.273. The predicted octanol–water partition coefficient (Wildman–Crippen LogP) is 4.29. The van der Waals surface area contributed by atoms with Gasteiger partial charge in [-0.15, -0.1) is 11.8 Å². The second kappa shape index (κ2) is 7.41. The van der Waals surface area contributed by atoms with Gasteiger partial charge in [-0.2, -0.15) is 0 Å². The van der Waals surface area contributed by atoms with Crippen molar-refractivity contribution >= 4 is 46.8 Å². The van der Waals surface area contributed by atoms with Gasteiger partial charge in [0, 0.05) is 18.1 Å². The van der Waals surface area contributed by atoms with Gasteiger partial charge in [0.2, 0.25) is 5.91 Å². The summed E-state index contributed by atoms with van der Waals surface area (Å²) in [6, 6.07) is 8.62. The second-order valence-corrected chi connectivity index (χ2v) is 8.89. The third-order valence-corrected chi connectivity index (χ3v) is 7.25. The van der Waals surface area contributed by atoms with Gasteiger partial charge in [0.25, 0.3) is 5.91 Å². The van der Waals surface area contributed by atoms with E-state index in [2.05, 4.69) is 0 Å². The number of thioether (sulfide) groups is 1. The van der Waals surface area contributed by atoms with Crippen LogP contribution in [0.2, 0.25) is 10.0 Å². The number of hydrogen-bond donors (Lipinski definition) is 0. The van der Waals surface area contributed by atoms with Crippen molar-refractivity contribution in [3.05, 3.63) is 58.0 Å². The molecular weight excluding hydrogens is 407 g/mol.